The molecule has 1 fully saturated rings. The molecule has 7 heteroatoms. The molecule has 7 nitrogen and oxygen atoms in total. The first-order valence-corrected chi connectivity index (χ1v) is 10.0. The lowest BCUT2D eigenvalue weighted by atomic mass is 9.89. The first kappa shape index (κ1) is 20.9. The van der Waals surface area contributed by atoms with Crippen molar-refractivity contribution < 1.29 is 28.6 Å². The van der Waals surface area contributed by atoms with Crippen LogP contribution in [0.25, 0.3) is 6.08 Å². The van der Waals surface area contributed by atoms with Crippen molar-refractivity contribution in [2.24, 2.45) is 5.92 Å². The van der Waals surface area contributed by atoms with E-state index in [9.17, 15) is 14.4 Å². The summed E-state index contributed by atoms with van der Waals surface area (Å²) in [5, 5.41) is 2.31. The average molecular weight is 401 g/mol. The molecule has 1 aromatic rings. The minimum Gasteiger partial charge on any atom is -0.496 e. The summed E-state index contributed by atoms with van der Waals surface area (Å²) in [4.78, 5) is 35.9. The zero-order chi connectivity index (χ0) is 20.8. The number of nitrogens with one attached hydrogen (secondary N) is 1. The first-order valence-electron chi connectivity index (χ1n) is 10.0. The second-order valence-corrected chi connectivity index (χ2v) is 7.52. The van der Waals surface area contributed by atoms with Gasteiger partial charge >= 0.3 is 5.97 Å². The fraction of sp³-hybridized carbons (Fsp3) is 0.500. The van der Waals surface area contributed by atoms with Gasteiger partial charge in [0.2, 0.25) is 5.91 Å². The van der Waals surface area contributed by atoms with Gasteiger partial charge in [0.05, 0.1) is 7.11 Å². The van der Waals surface area contributed by atoms with Crippen molar-refractivity contribution in [3.63, 3.8) is 0 Å². The molecule has 1 atom stereocenters. The zero-order valence-corrected chi connectivity index (χ0v) is 16.9. The van der Waals surface area contributed by atoms with Crippen molar-refractivity contribution >= 4 is 23.9 Å². The van der Waals surface area contributed by atoms with Gasteiger partial charge in [-0.1, -0.05) is 19.3 Å². The van der Waals surface area contributed by atoms with Gasteiger partial charge in [-0.15, -0.1) is 0 Å². The van der Waals surface area contributed by atoms with Gasteiger partial charge in [-0.25, -0.2) is 4.79 Å². The van der Waals surface area contributed by atoms with E-state index in [1.807, 2.05) is 19.1 Å². The molecule has 1 aromatic carbocycles. The Bertz CT molecular complexity index is 810. The highest BCUT2D eigenvalue weighted by molar-refractivity contribution is 5.98. The number of rotatable bonds is 6. The van der Waals surface area contributed by atoms with Gasteiger partial charge in [-0.2, -0.15) is 0 Å². The summed E-state index contributed by atoms with van der Waals surface area (Å²) in [6.07, 6.45) is 8.42. The topological polar surface area (TPSA) is 90.9 Å². The summed E-state index contributed by atoms with van der Waals surface area (Å²) < 4.78 is 16.0. The minimum atomic E-state index is -0.679. The van der Waals surface area contributed by atoms with Gasteiger partial charge in [0.15, 0.2) is 6.61 Å². The van der Waals surface area contributed by atoms with Crippen molar-refractivity contribution in [3.8, 4) is 11.5 Å². The summed E-state index contributed by atoms with van der Waals surface area (Å²) >= 11 is 0. The highest BCUT2D eigenvalue weighted by atomic mass is 16.5. The van der Waals surface area contributed by atoms with Crippen LogP contribution in [0.5, 0.6) is 11.5 Å². The summed E-state index contributed by atoms with van der Waals surface area (Å²) in [6, 6.07) is 3.71. The van der Waals surface area contributed by atoms with Gasteiger partial charge < -0.3 is 14.2 Å². The van der Waals surface area contributed by atoms with Crippen molar-refractivity contribution in [1.29, 1.82) is 0 Å². The van der Waals surface area contributed by atoms with Crippen LogP contribution < -0.4 is 14.8 Å². The third-order valence-electron chi connectivity index (χ3n) is 5.23. The highest BCUT2D eigenvalue weighted by Gasteiger charge is 2.23. The molecule has 0 aromatic heterocycles. The second kappa shape index (κ2) is 9.58. The Morgan fingerprint density at radius 3 is 2.69 bits per heavy atom. The SMILES string of the molecule is COc1cc2c(cc1C=CC(=O)OCC(=O)NC(=O)C1CCCCC1)OC(C)C2. The van der Waals surface area contributed by atoms with Crippen molar-refractivity contribution in [2.75, 3.05) is 13.7 Å². The predicted molar refractivity (Wildman–Crippen MR) is 107 cm³/mol. The Hall–Kier alpha value is -2.83. The van der Waals surface area contributed by atoms with E-state index in [4.69, 9.17) is 14.2 Å². The Morgan fingerprint density at radius 1 is 1.21 bits per heavy atom. The van der Waals surface area contributed by atoms with Crippen LogP contribution in [-0.4, -0.2) is 37.6 Å². The Morgan fingerprint density at radius 2 is 1.97 bits per heavy atom. The molecule has 1 saturated carbocycles. The average Bonchev–Trinajstić information content (AvgIpc) is 3.09. The third kappa shape index (κ3) is 5.59. The van der Waals surface area contributed by atoms with Crippen LogP contribution in [0.1, 0.15) is 50.2 Å². The first-order chi connectivity index (χ1) is 14.0. The Kier molecular flexibility index (Phi) is 6.90. The number of imide groups is 1. The number of benzene rings is 1. The number of hydrogen-bond donors (Lipinski definition) is 1. The fourth-order valence-electron chi connectivity index (χ4n) is 3.75. The molecular formula is C22H27NO6. The molecule has 2 amide bonds. The number of carbonyl (C=O) groups is 3. The van der Waals surface area contributed by atoms with Crippen LogP contribution in [-0.2, 0) is 25.5 Å². The van der Waals surface area contributed by atoms with Crippen molar-refractivity contribution in [3.05, 3.63) is 29.3 Å². The van der Waals surface area contributed by atoms with Crippen LogP contribution in [0.4, 0.5) is 0 Å². The molecule has 1 heterocycles. The number of ether oxygens (including phenoxy) is 3. The van der Waals surface area contributed by atoms with E-state index in [-0.39, 0.29) is 17.9 Å². The summed E-state index contributed by atoms with van der Waals surface area (Å²) in [7, 11) is 1.56. The lowest BCUT2D eigenvalue weighted by molar-refractivity contribution is -0.146. The minimum absolute atomic E-state index is 0.105. The number of methoxy groups -OCH3 is 1. The van der Waals surface area contributed by atoms with E-state index in [2.05, 4.69) is 5.32 Å². The smallest absolute Gasteiger partial charge is 0.331 e. The van der Waals surface area contributed by atoms with E-state index >= 15 is 0 Å². The van der Waals surface area contributed by atoms with Gasteiger partial charge in [0.25, 0.3) is 5.91 Å². The van der Waals surface area contributed by atoms with Crippen LogP contribution >= 0.6 is 0 Å². The van der Waals surface area contributed by atoms with Crippen molar-refractivity contribution in [2.45, 2.75) is 51.6 Å². The molecule has 3 rings (SSSR count). The molecule has 29 heavy (non-hydrogen) atoms. The molecule has 1 aliphatic carbocycles. The standard InChI is InChI=1S/C22H27NO6/c1-14-10-17-12-18(27-2)16(11-19(17)29-14)8-9-21(25)28-13-20(24)23-22(26)15-6-4-3-5-7-15/h8-9,11-12,14-15H,3-7,10,13H2,1-2H3,(H,23,24,26). The maximum atomic E-state index is 12.0. The number of esters is 1. The monoisotopic (exact) mass is 401 g/mol. The molecule has 0 spiro atoms. The molecule has 1 aliphatic heterocycles. The highest BCUT2D eigenvalue weighted by Crippen LogP contribution is 2.35. The molecular weight excluding hydrogens is 374 g/mol. The van der Waals surface area contributed by atoms with E-state index in [1.54, 1.807) is 13.2 Å². The van der Waals surface area contributed by atoms with E-state index in [1.165, 1.54) is 6.08 Å². The van der Waals surface area contributed by atoms with Crippen LogP contribution in [0.3, 0.4) is 0 Å². The predicted octanol–water partition coefficient (Wildman–Crippen LogP) is 2.80. The Labute approximate surface area is 170 Å². The normalized spacial score (nSPS) is 18.8. The Balaban J connectivity index is 1.50. The second-order valence-electron chi connectivity index (χ2n) is 7.52. The fourth-order valence-corrected chi connectivity index (χ4v) is 3.75. The molecule has 1 N–H and O–H groups in total. The number of carbonyl (C=O) groups excluding carboxylic acids is 3. The van der Waals surface area contributed by atoms with Gasteiger partial charge in [-0.3, -0.25) is 14.9 Å². The lowest BCUT2D eigenvalue weighted by Gasteiger charge is -2.20. The quantitative estimate of drug-likeness (QED) is 0.582. The van der Waals surface area contributed by atoms with Gasteiger partial charge in [-0.05, 0) is 38.0 Å². The maximum Gasteiger partial charge on any atom is 0.331 e. The summed E-state index contributed by atoms with van der Waals surface area (Å²) in [5.74, 6) is -0.297. The number of fused-ring (bicyclic) bond motifs is 1. The molecule has 1 unspecified atom stereocenters. The zero-order valence-electron chi connectivity index (χ0n) is 16.9. The van der Waals surface area contributed by atoms with Crippen LogP contribution in [0.15, 0.2) is 18.2 Å². The van der Waals surface area contributed by atoms with E-state index < -0.39 is 18.5 Å². The summed E-state index contributed by atoms with van der Waals surface area (Å²) in [6.45, 7) is 1.49. The van der Waals surface area contributed by atoms with E-state index in [0.29, 0.717) is 11.3 Å². The van der Waals surface area contributed by atoms with E-state index in [0.717, 1.165) is 49.8 Å². The van der Waals surface area contributed by atoms with Crippen LogP contribution in [0.2, 0.25) is 0 Å². The van der Waals surface area contributed by atoms with Gasteiger partial charge in [0.1, 0.15) is 17.6 Å². The molecule has 0 bridgehead atoms. The molecule has 156 valence electrons. The molecule has 0 saturated heterocycles. The molecule has 2 aliphatic rings. The summed E-state index contributed by atoms with van der Waals surface area (Å²) in [5.41, 5.74) is 1.74. The number of hydrogen-bond acceptors (Lipinski definition) is 6. The van der Waals surface area contributed by atoms with Crippen molar-refractivity contribution in [1.82, 2.24) is 5.32 Å². The van der Waals surface area contributed by atoms with Gasteiger partial charge in [0, 0.05) is 29.5 Å². The lowest BCUT2D eigenvalue weighted by Crippen LogP contribution is -2.38. The third-order valence-corrected chi connectivity index (χ3v) is 5.23. The number of amides is 2. The molecule has 0 radical (unpaired) electrons. The maximum absolute atomic E-state index is 12.0. The van der Waals surface area contributed by atoms with Crippen LogP contribution in [0, 0.1) is 5.92 Å². The largest absolute Gasteiger partial charge is 0.496 e.